The van der Waals surface area contributed by atoms with E-state index in [1.807, 2.05) is 42.5 Å². The van der Waals surface area contributed by atoms with E-state index in [1.54, 1.807) is 14.2 Å². The average Bonchev–Trinajstić information content (AvgIpc) is 2.78. The lowest BCUT2D eigenvalue weighted by atomic mass is 9.80. The molecule has 0 aliphatic rings. The van der Waals surface area contributed by atoms with Gasteiger partial charge in [0.2, 0.25) is 0 Å². The predicted molar refractivity (Wildman–Crippen MR) is 117 cm³/mol. The molecule has 0 aliphatic heterocycles. The molecule has 0 atom stereocenters. The van der Waals surface area contributed by atoms with Crippen LogP contribution < -0.4 is 9.47 Å². The fourth-order valence-corrected chi connectivity index (χ4v) is 3.58. The molecule has 0 saturated carbocycles. The number of hydrogen-bond acceptors (Lipinski definition) is 3. The zero-order valence-corrected chi connectivity index (χ0v) is 17.8. The molecule has 0 aliphatic carbocycles. The van der Waals surface area contributed by atoms with Crippen molar-refractivity contribution < 1.29 is 14.2 Å². The Labute approximate surface area is 175 Å². The minimum Gasteiger partial charge on any atom is -0.497 e. The lowest BCUT2D eigenvalue weighted by molar-refractivity contribution is 0.0137. The molecule has 0 bridgehead atoms. The summed E-state index contributed by atoms with van der Waals surface area (Å²) in [5.41, 5.74) is 2.47. The molecule has 3 aromatic carbocycles. The van der Waals surface area contributed by atoms with E-state index in [1.165, 1.54) is 0 Å². The molecule has 0 aromatic heterocycles. The lowest BCUT2D eigenvalue weighted by Crippen LogP contribution is -2.33. The molecule has 3 rings (SSSR count). The summed E-state index contributed by atoms with van der Waals surface area (Å²) in [4.78, 5) is 0. The van der Waals surface area contributed by atoms with E-state index in [4.69, 9.17) is 14.2 Å². The van der Waals surface area contributed by atoms with Gasteiger partial charge in [0, 0.05) is 11.9 Å². The average molecular weight is 441 g/mol. The predicted octanol–water partition coefficient (Wildman–Crippen LogP) is 5.80. The molecule has 4 heteroatoms. The maximum Gasteiger partial charge on any atom is 0.143 e. The van der Waals surface area contributed by atoms with Crippen molar-refractivity contribution in [2.24, 2.45) is 0 Å². The highest BCUT2D eigenvalue weighted by atomic mass is 79.9. The normalized spacial score (nSPS) is 11.2. The van der Waals surface area contributed by atoms with Crippen LogP contribution in [0.5, 0.6) is 11.5 Å². The number of hydrogen-bond donors (Lipinski definition) is 0. The molecule has 3 nitrogen and oxygen atoms in total. The zero-order chi connectivity index (χ0) is 19.8. The van der Waals surface area contributed by atoms with Crippen LogP contribution >= 0.6 is 15.9 Å². The minimum absolute atomic E-state index is 0.623. The van der Waals surface area contributed by atoms with Crippen molar-refractivity contribution in [2.75, 3.05) is 26.2 Å². The second-order valence-electron chi connectivity index (χ2n) is 6.40. The number of benzene rings is 3. The SMILES string of the molecule is COc1ccc(C(OCCCBr)(c2ccccc2)c2ccc(OC)cc2)cc1. The number of ether oxygens (including phenoxy) is 3. The molecule has 0 saturated heterocycles. The van der Waals surface area contributed by atoms with Crippen LogP contribution in [-0.4, -0.2) is 26.2 Å². The van der Waals surface area contributed by atoms with E-state index >= 15 is 0 Å². The van der Waals surface area contributed by atoms with Crippen molar-refractivity contribution in [3.05, 3.63) is 95.6 Å². The Morgan fingerprint density at radius 3 is 1.57 bits per heavy atom. The van der Waals surface area contributed by atoms with Crippen molar-refractivity contribution in [1.82, 2.24) is 0 Å². The second kappa shape index (κ2) is 9.76. The van der Waals surface area contributed by atoms with E-state index in [9.17, 15) is 0 Å². The molecule has 0 radical (unpaired) electrons. The van der Waals surface area contributed by atoms with Gasteiger partial charge >= 0.3 is 0 Å². The van der Waals surface area contributed by atoms with Gasteiger partial charge < -0.3 is 14.2 Å². The summed E-state index contributed by atoms with van der Waals surface area (Å²) in [7, 11) is 3.35. The molecule has 28 heavy (non-hydrogen) atoms. The number of alkyl halides is 1. The van der Waals surface area contributed by atoms with Gasteiger partial charge in [0.1, 0.15) is 17.1 Å². The van der Waals surface area contributed by atoms with Crippen molar-refractivity contribution in [2.45, 2.75) is 12.0 Å². The maximum absolute atomic E-state index is 6.66. The molecule has 0 spiro atoms. The first-order valence-corrected chi connectivity index (χ1v) is 10.4. The lowest BCUT2D eigenvalue weighted by Gasteiger charge is -2.36. The first-order chi connectivity index (χ1) is 13.7. The van der Waals surface area contributed by atoms with Crippen LogP contribution in [-0.2, 0) is 10.3 Å². The summed E-state index contributed by atoms with van der Waals surface area (Å²) in [6.45, 7) is 0.623. The Hall–Kier alpha value is -2.30. The molecular weight excluding hydrogens is 416 g/mol. The number of halogens is 1. The Morgan fingerprint density at radius 1 is 0.679 bits per heavy atom. The van der Waals surface area contributed by atoms with Crippen LogP contribution in [0.1, 0.15) is 23.1 Å². The Bertz CT molecular complexity index is 798. The third-order valence-electron chi connectivity index (χ3n) is 4.77. The minimum atomic E-state index is -0.720. The molecule has 0 unspecified atom stereocenters. The Kier molecular flexibility index (Phi) is 7.12. The van der Waals surface area contributed by atoms with E-state index in [-0.39, 0.29) is 0 Å². The maximum atomic E-state index is 6.66. The fraction of sp³-hybridized carbons (Fsp3) is 0.250. The number of methoxy groups -OCH3 is 2. The summed E-state index contributed by atoms with van der Waals surface area (Å²) in [6, 6.07) is 26.5. The van der Waals surface area contributed by atoms with Crippen LogP contribution in [0.3, 0.4) is 0 Å². The molecule has 0 N–H and O–H groups in total. The van der Waals surface area contributed by atoms with Gasteiger partial charge in [-0.1, -0.05) is 70.5 Å². The molecule has 0 amide bonds. The van der Waals surface area contributed by atoms with Gasteiger partial charge in [0.05, 0.1) is 14.2 Å². The summed E-state index contributed by atoms with van der Waals surface area (Å²) in [5, 5.41) is 0.892. The topological polar surface area (TPSA) is 27.7 Å². The van der Waals surface area contributed by atoms with Crippen LogP contribution in [0.4, 0.5) is 0 Å². The van der Waals surface area contributed by atoms with Gasteiger partial charge in [0.25, 0.3) is 0 Å². The van der Waals surface area contributed by atoms with Crippen LogP contribution in [0.2, 0.25) is 0 Å². The van der Waals surface area contributed by atoms with E-state index < -0.39 is 5.60 Å². The van der Waals surface area contributed by atoms with Gasteiger partial charge in [-0.25, -0.2) is 0 Å². The van der Waals surface area contributed by atoms with E-state index in [0.717, 1.165) is 39.9 Å². The van der Waals surface area contributed by atoms with Crippen molar-refractivity contribution in [1.29, 1.82) is 0 Å². The van der Waals surface area contributed by atoms with Crippen LogP contribution in [0.25, 0.3) is 0 Å². The van der Waals surface area contributed by atoms with Gasteiger partial charge in [0.15, 0.2) is 0 Å². The highest BCUT2D eigenvalue weighted by molar-refractivity contribution is 9.09. The van der Waals surface area contributed by atoms with Gasteiger partial charge in [-0.15, -0.1) is 0 Å². The highest BCUT2D eigenvalue weighted by Gasteiger charge is 2.37. The molecule has 146 valence electrons. The molecule has 3 aromatic rings. The smallest absolute Gasteiger partial charge is 0.143 e. The van der Waals surface area contributed by atoms with E-state index in [2.05, 4.69) is 52.3 Å². The van der Waals surface area contributed by atoms with Gasteiger partial charge in [-0.2, -0.15) is 0 Å². The molecular formula is C24H25BrO3. The number of rotatable bonds is 9. The quantitative estimate of drug-likeness (QED) is 0.239. The summed E-state index contributed by atoms with van der Waals surface area (Å²) in [5.74, 6) is 1.64. The third kappa shape index (κ3) is 4.23. The standard InChI is InChI=1S/C24H25BrO3/c1-26-22-13-9-20(10-14-22)24(28-18-6-17-25,19-7-4-3-5-8-19)21-11-15-23(27-2)16-12-21/h3-5,7-16H,6,17-18H2,1-2H3. The summed E-state index contributed by atoms with van der Waals surface area (Å²) < 4.78 is 17.4. The van der Waals surface area contributed by atoms with Crippen LogP contribution in [0, 0.1) is 0 Å². The molecule has 0 fully saturated rings. The van der Waals surface area contributed by atoms with Gasteiger partial charge in [-0.05, 0) is 47.4 Å². The van der Waals surface area contributed by atoms with Gasteiger partial charge in [-0.3, -0.25) is 0 Å². The van der Waals surface area contributed by atoms with Crippen molar-refractivity contribution in [3.63, 3.8) is 0 Å². The first-order valence-electron chi connectivity index (χ1n) is 9.29. The second-order valence-corrected chi connectivity index (χ2v) is 7.19. The summed E-state index contributed by atoms with van der Waals surface area (Å²) >= 11 is 3.51. The third-order valence-corrected chi connectivity index (χ3v) is 5.33. The first kappa shape index (κ1) is 20.4. The fourth-order valence-electron chi connectivity index (χ4n) is 3.35. The monoisotopic (exact) mass is 440 g/mol. The largest absolute Gasteiger partial charge is 0.497 e. The van der Waals surface area contributed by atoms with E-state index in [0.29, 0.717) is 6.61 Å². The Morgan fingerprint density at radius 2 is 1.14 bits per heavy atom. The zero-order valence-electron chi connectivity index (χ0n) is 16.2. The van der Waals surface area contributed by atoms with Crippen LogP contribution in [0.15, 0.2) is 78.9 Å². The van der Waals surface area contributed by atoms with Crippen molar-refractivity contribution >= 4 is 15.9 Å². The van der Waals surface area contributed by atoms with Crippen molar-refractivity contribution in [3.8, 4) is 11.5 Å². The Balaban J connectivity index is 2.20. The summed E-state index contributed by atoms with van der Waals surface area (Å²) in [6.07, 6.45) is 0.918. The highest BCUT2D eigenvalue weighted by Crippen LogP contribution is 2.41. The molecule has 0 heterocycles.